The molecule has 0 atom stereocenters. The lowest BCUT2D eigenvalue weighted by Crippen LogP contribution is -2.09. The van der Waals surface area contributed by atoms with Crippen molar-refractivity contribution in [1.29, 1.82) is 0 Å². The molecule has 0 spiro atoms. The molecule has 0 saturated heterocycles. The van der Waals surface area contributed by atoms with E-state index in [1.54, 1.807) is 0 Å². The standard InChI is InChI=1S/C52H35NO/c1-4-12-36(13-5-1)39-22-27-44(28-23-39)53(45-29-24-40(25-30-45)37-14-6-2-7-15-37)46-31-32-48-43(35-46)26-33-50-52(48)51-47(20-11-21-49(51)54-50)42-19-10-18-41(34-42)38-16-8-3-9-17-38/h1-35H. The molecule has 0 fully saturated rings. The van der Waals surface area contributed by atoms with Gasteiger partial charge in [-0.25, -0.2) is 0 Å². The van der Waals surface area contributed by atoms with Crippen LogP contribution in [-0.4, -0.2) is 0 Å². The van der Waals surface area contributed by atoms with Crippen molar-refractivity contribution >= 4 is 49.8 Å². The van der Waals surface area contributed by atoms with E-state index in [0.29, 0.717) is 0 Å². The Bertz CT molecular complexity index is 2810. The summed E-state index contributed by atoms with van der Waals surface area (Å²) in [4.78, 5) is 2.35. The summed E-state index contributed by atoms with van der Waals surface area (Å²) in [6, 6.07) is 75.8. The Morgan fingerprint density at radius 3 is 1.39 bits per heavy atom. The van der Waals surface area contributed by atoms with Gasteiger partial charge in [-0.3, -0.25) is 0 Å². The third-order valence-corrected chi connectivity index (χ3v) is 10.5. The summed E-state index contributed by atoms with van der Waals surface area (Å²) in [6.45, 7) is 0. The van der Waals surface area contributed by atoms with Crippen molar-refractivity contribution in [2.24, 2.45) is 0 Å². The van der Waals surface area contributed by atoms with Gasteiger partial charge in [0.05, 0.1) is 0 Å². The lowest BCUT2D eigenvalue weighted by atomic mass is 9.94. The maximum absolute atomic E-state index is 6.54. The highest BCUT2D eigenvalue weighted by Crippen LogP contribution is 2.43. The Hall–Kier alpha value is -7.16. The average molecular weight is 690 g/mol. The minimum absolute atomic E-state index is 0.891. The molecule has 2 heteroatoms. The summed E-state index contributed by atoms with van der Waals surface area (Å²) in [5.74, 6) is 0. The average Bonchev–Trinajstić information content (AvgIpc) is 3.65. The maximum atomic E-state index is 6.54. The van der Waals surface area contributed by atoms with Crippen LogP contribution in [-0.2, 0) is 0 Å². The molecule has 0 unspecified atom stereocenters. The van der Waals surface area contributed by atoms with Gasteiger partial charge in [-0.2, -0.15) is 0 Å². The van der Waals surface area contributed by atoms with Crippen LogP contribution in [0.1, 0.15) is 0 Å². The number of hydrogen-bond donors (Lipinski definition) is 0. The zero-order chi connectivity index (χ0) is 35.8. The van der Waals surface area contributed by atoms with Gasteiger partial charge in [0, 0.05) is 27.8 Å². The van der Waals surface area contributed by atoms with Crippen molar-refractivity contribution in [2.45, 2.75) is 0 Å². The molecule has 254 valence electrons. The predicted octanol–water partition coefficient (Wildman–Crippen LogP) is 14.9. The largest absolute Gasteiger partial charge is 0.456 e. The van der Waals surface area contributed by atoms with Crippen LogP contribution in [0, 0.1) is 0 Å². The first kappa shape index (κ1) is 31.6. The van der Waals surface area contributed by atoms with Crippen molar-refractivity contribution in [3.8, 4) is 44.5 Å². The molecule has 0 N–H and O–H groups in total. The second kappa shape index (κ2) is 13.4. The van der Waals surface area contributed by atoms with Crippen LogP contribution < -0.4 is 4.90 Å². The van der Waals surface area contributed by atoms with E-state index < -0.39 is 0 Å². The van der Waals surface area contributed by atoms with E-state index in [2.05, 4.69) is 217 Å². The fourth-order valence-electron chi connectivity index (χ4n) is 7.82. The van der Waals surface area contributed by atoms with E-state index in [9.17, 15) is 0 Å². The fraction of sp³-hybridized carbons (Fsp3) is 0. The van der Waals surface area contributed by atoms with Crippen molar-refractivity contribution in [3.63, 3.8) is 0 Å². The first-order chi connectivity index (χ1) is 26.8. The molecular formula is C52H35NO. The monoisotopic (exact) mass is 689 g/mol. The lowest BCUT2D eigenvalue weighted by molar-refractivity contribution is 0.669. The Morgan fingerprint density at radius 1 is 0.296 bits per heavy atom. The van der Waals surface area contributed by atoms with Crippen molar-refractivity contribution in [2.75, 3.05) is 4.90 Å². The summed E-state index contributed by atoms with van der Waals surface area (Å²) in [6.07, 6.45) is 0. The minimum atomic E-state index is 0.891. The first-order valence-electron chi connectivity index (χ1n) is 18.4. The molecule has 10 rings (SSSR count). The number of hydrogen-bond acceptors (Lipinski definition) is 2. The van der Waals surface area contributed by atoms with E-state index in [4.69, 9.17) is 4.42 Å². The molecule has 0 aliphatic carbocycles. The quantitative estimate of drug-likeness (QED) is 0.166. The van der Waals surface area contributed by atoms with E-state index >= 15 is 0 Å². The second-order valence-corrected chi connectivity index (χ2v) is 13.7. The number of furan rings is 1. The molecule has 54 heavy (non-hydrogen) atoms. The van der Waals surface area contributed by atoms with Gasteiger partial charge in [0.25, 0.3) is 0 Å². The van der Waals surface area contributed by atoms with E-state index in [0.717, 1.165) is 44.4 Å². The third-order valence-electron chi connectivity index (χ3n) is 10.5. The van der Waals surface area contributed by atoms with Crippen molar-refractivity contribution in [3.05, 3.63) is 212 Å². The topological polar surface area (TPSA) is 16.4 Å². The van der Waals surface area contributed by atoms with Crippen molar-refractivity contribution < 1.29 is 4.42 Å². The van der Waals surface area contributed by atoms with Crippen LogP contribution in [0.25, 0.3) is 77.2 Å². The van der Waals surface area contributed by atoms with Crippen LogP contribution >= 0.6 is 0 Å². The molecule has 0 bridgehead atoms. The van der Waals surface area contributed by atoms with Crippen LogP contribution in [0.3, 0.4) is 0 Å². The first-order valence-corrected chi connectivity index (χ1v) is 18.4. The molecule has 1 heterocycles. The zero-order valence-electron chi connectivity index (χ0n) is 29.6. The van der Waals surface area contributed by atoms with Gasteiger partial charge in [-0.05, 0) is 110 Å². The molecule has 0 radical (unpaired) electrons. The van der Waals surface area contributed by atoms with Gasteiger partial charge in [-0.1, -0.05) is 158 Å². The lowest BCUT2D eigenvalue weighted by Gasteiger charge is -2.26. The molecule has 9 aromatic carbocycles. The van der Waals surface area contributed by atoms with E-state index in [1.807, 2.05) is 0 Å². The van der Waals surface area contributed by atoms with Gasteiger partial charge in [-0.15, -0.1) is 0 Å². The molecule has 0 amide bonds. The summed E-state index contributed by atoms with van der Waals surface area (Å²) < 4.78 is 6.54. The van der Waals surface area contributed by atoms with Crippen LogP contribution in [0.2, 0.25) is 0 Å². The predicted molar refractivity (Wildman–Crippen MR) is 228 cm³/mol. The van der Waals surface area contributed by atoms with Gasteiger partial charge in [0.1, 0.15) is 11.2 Å². The molecule has 2 nitrogen and oxygen atoms in total. The van der Waals surface area contributed by atoms with Gasteiger partial charge in [0.2, 0.25) is 0 Å². The summed E-state index contributed by atoms with van der Waals surface area (Å²) >= 11 is 0. The molecular weight excluding hydrogens is 655 g/mol. The van der Waals surface area contributed by atoms with Gasteiger partial charge in [0.15, 0.2) is 0 Å². The van der Waals surface area contributed by atoms with Crippen LogP contribution in [0.15, 0.2) is 217 Å². The van der Waals surface area contributed by atoms with Gasteiger partial charge < -0.3 is 9.32 Å². The highest BCUT2D eigenvalue weighted by Gasteiger charge is 2.18. The molecule has 0 aliphatic rings. The maximum Gasteiger partial charge on any atom is 0.136 e. The smallest absolute Gasteiger partial charge is 0.136 e. The number of nitrogens with zero attached hydrogens (tertiary/aromatic N) is 1. The number of benzene rings is 9. The number of fused-ring (bicyclic) bond motifs is 5. The number of anilines is 3. The summed E-state index contributed by atoms with van der Waals surface area (Å²) in [5.41, 5.74) is 14.6. The minimum Gasteiger partial charge on any atom is -0.456 e. The van der Waals surface area contributed by atoms with E-state index in [-0.39, 0.29) is 0 Å². The Morgan fingerprint density at radius 2 is 0.778 bits per heavy atom. The second-order valence-electron chi connectivity index (χ2n) is 13.7. The Balaban J connectivity index is 1.11. The van der Waals surface area contributed by atoms with E-state index in [1.165, 1.54) is 49.9 Å². The Kier molecular flexibility index (Phi) is 7.85. The zero-order valence-corrected chi connectivity index (χ0v) is 29.6. The fourth-order valence-corrected chi connectivity index (χ4v) is 7.82. The van der Waals surface area contributed by atoms with Crippen LogP contribution in [0.5, 0.6) is 0 Å². The van der Waals surface area contributed by atoms with Crippen LogP contribution in [0.4, 0.5) is 17.1 Å². The third kappa shape index (κ3) is 5.71. The number of rotatable bonds is 7. The molecule has 10 aromatic rings. The summed E-state index contributed by atoms with van der Waals surface area (Å²) in [7, 11) is 0. The molecule has 1 aromatic heterocycles. The Labute approximate surface area is 314 Å². The van der Waals surface area contributed by atoms with Gasteiger partial charge >= 0.3 is 0 Å². The highest BCUT2D eigenvalue weighted by molar-refractivity contribution is 6.23. The molecule has 0 aliphatic heterocycles. The highest BCUT2D eigenvalue weighted by atomic mass is 16.3. The normalized spacial score (nSPS) is 11.3. The molecule has 0 saturated carbocycles. The van der Waals surface area contributed by atoms with Crippen molar-refractivity contribution in [1.82, 2.24) is 0 Å². The SMILES string of the molecule is c1ccc(-c2ccc(N(c3ccc(-c4ccccc4)cc3)c3ccc4c(ccc5oc6cccc(-c7cccc(-c8ccccc8)c7)c6c54)c3)cc2)cc1. The summed E-state index contributed by atoms with van der Waals surface area (Å²) in [5, 5.41) is 4.60.